The van der Waals surface area contributed by atoms with Crippen LogP contribution in [0.5, 0.6) is 0 Å². The number of para-hydroxylation sites is 1. The predicted octanol–water partition coefficient (Wildman–Crippen LogP) is 4.84. The van der Waals surface area contributed by atoms with Crippen molar-refractivity contribution in [3.05, 3.63) is 60.3 Å². The van der Waals surface area contributed by atoms with Crippen LogP contribution in [0.25, 0.3) is 10.9 Å². The lowest BCUT2D eigenvalue weighted by Crippen LogP contribution is -2.59. The number of nitrogens with one attached hydrogen (secondary N) is 2. The van der Waals surface area contributed by atoms with Gasteiger partial charge in [0, 0.05) is 66.6 Å². The van der Waals surface area contributed by atoms with Gasteiger partial charge in [-0.1, -0.05) is 37.1 Å². The molecule has 0 bridgehead atoms. The van der Waals surface area contributed by atoms with E-state index in [1.807, 2.05) is 6.20 Å². The van der Waals surface area contributed by atoms with Crippen LogP contribution in [0.4, 0.5) is 11.4 Å². The minimum Gasteiger partial charge on any atom is -0.380 e. The Morgan fingerprint density at radius 2 is 1.73 bits per heavy atom. The van der Waals surface area contributed by atoms with Gasteiger partial charge in [0.25, 0.3) is 0 Å². The van der Waals surface area contributed by atoms with Gasteiger partial charge < -0.3 is 15.2 Å². The van der Waals surface area contributed by atoms with Crippen molar-refractivity contribution < 1.29 is 4.79 Å². The monoisotopic (exact) mass is 442 g/mol. The SMILES string of the molecule is O=C(C1CCCC1)C(C1CCc2ccccc2N1)N1CCN(c2cccc3[nH]ccc23)CC1. The lowest BCUT2D eigenvalue weighted by Gasteiger charge is -2.44. The summed E-state index contributed by atoms with van der Waals surface area (Å²) >= 11 is 0. The van der Waals surface area contributed by atoms with Gasteiger partial charge in [-0.05, 0) is 55.5 Å². The number of hydrogen-bond donors (Lipinski definition) is 2. The first-order chi connectivity index (χ1) is 16.3. The molecular weight excluding hydrogens is 408 g/mol. The molecule has 2 atom stereocenters. The van der Waals surface area contributed by atoms with Crippen LogP contribution in [0.1, 0.15) is 37.7 Å². The van der Waals surface area contributed by atoms with Gasteiger partial charge in [-0.3, -0.25) is 9.69 Å². The molecule has 2 N–H and O–H groups in total. The second-order valence-corrected chi connectivity index (χ2v) is 10.0. The van der Waals surface area contributed by atoms with Crippen molar-refractivity contribution in [3.8, 4) is 0 Å². The molecule has 2 fully saturated rings. The number of carbonyl (C=O) groups is 1. The van der Waals surface area contributed by atoms with Crippen LogP contribution >= 0.6 is 0 Å². The highest BCUT2D eigenvalue weighted by Gasteiger charge is 2.40. The summed E-state index contributed by atoms with van der Waals surface area (Å²) in [7, 11) is 0. The van der Waals surface area contributed by atoms with Gasteiger partial charge in [0.2, 0.25) is 0 Å². The number of hydrogen-bond acceptors (Lipinski definition) is 4. The summed E-state index contributed by atoms with van der Waals surface area (Å²) in [4.78, 5) is 22.2. The molecule has 172 valence electrons. The average molecular weight is 443 g/mol. The Morgan fingerprint density at radius 1 is 0.909 bits per heavy atom. The molecular formula is C28H34N4O. The number of aromatic amines is 1. The lowest BCUT2D eigenvalue weighted by molar-refractivity contribution is -0.129. The smallest absolute Gasteiger partial charge is 0.155 e. The van der Waals surface area contributed by atoms with Crippen molar-refractivity contribution in [1.82, 2.24) is 9.88 Å². The van der Waals surface area contributed by atoms with Crippen molar-refractivity contribution in [1.29, 1.82) is 0 Å². The van der Waals surface area contributed by atoms with E-state index < -0.39 is 0 Å². The highest BCUT2D eigenvalue weighted by Crippen LogP contribution is 2.34. The van der Waals surface area contributed by atoms with E-state index >= 15 is 0 Å². The molecule has 1 aromatic heterocycles. The quantitative estimate of drug-likeness (QED) is 0.593. The molecule has 2 aromatic carbocycles. The molecule has 1 aliphatic carbocycles. The van der Waals surface area contributed by atoms with Gasteiger partial charge in [0.05, 0.1) is 6.04 Å². The largest absolute Gasteiger partial charge is 0.380 e. The Labute approximate surface area is 196 Å². The molecule has 5 heteroatoms. The summed E-state index contributed by atoms with van der Waals surface area (Å²) < 4.78 is 0. The first kappa shape index (κ1) is 20.8. The van der Waals surface area contributed by atoms with E-state index in [1.54, 1.807) is 0 Å². The van der Waals surface area contributed by atoms with Crippen molar-refractivity contribution in [2.45, 2.75) is 50.6 Å². The van der Waals surface area contributed by atoms with Crippen LogP contribution in [0.3, 0.4) is 0 Å². The van der Waals surface area contributed by atoms with Gasteiger partial charge in [-0.2, -0.15) is 0 Å². The van der Waals surface area contributed by atoms with Gasteiger partial charge in [-0.15, -0.1) is 0 Å². The van der Waals surface area contributed by atoms with Gasteiger partial charge >= 0.3 is 0 Å². The number of rotatable bonds is 5. The van der Waals surface area contributed by atoms with Crippen LogP contribution in [0.15, 0.2) is 54.7 Å². The third-order valence-corrected chi connectivity index (χ3v) is 8.13. The molecule has 0 amide bonds. The normalized spacial score (nSPS) is 22.8. The maximum absolute atomic E-state index is 13.8. The van der Waals surface area contributed by atoms with E-state index in [0.717, 1.165) is 51.9 Å². The van der Waals surface area contributed by atoms with Gasteiger partial charge in [-0.25, -0.2) is 0 Å². The fraction of sp³-hybridized carbons (Fsp3) is 0.464. The van der Waals surface area contributed by atoms with E-state index in [1.165, 1.54) is 40.7 Å². The van der Waals surface area contributed by atoms with Crippen LogP contribution in [-0.4, -0.2) is 53.9 Å². The number of benzene rings is 2. The van der Waals surface area contributed by atoms with Gasteiger partial charge in [0.1, 0.15) is 0 Å². The highest BCUT2D eigenvalue weighted by atomic mass is 16.1. The number of aromatic nitrogens is 1. The number of carbonyl (C=O) groups excluding carboxylic acids is 1. The van der Waals surface area contributed by atoms with Crippen LogP contribution in [-0.2, 0) is 11.2 Å². The molecule has 2 unspecified atom stereocenters. The average Bonchev–Trinajstić information content (AvgIpc) is 3.57. The van der Waals surface area contributed by atoms with E-state index in [4.69, 9.17) is 0 Å². The first-order valence-corrected chi connectivity index (χ1v) is 12.7. The summed E-state index contributed by atoms with van der Waals surface area (Å²) in [6.07, 6.45) is 8.67. The van der Waals surface area contributed by atoms with E-state index in [0.29, 0.717) is 5.78 Å². The molecule has 3 heterocycles. The summed E-state index contributed by atoms with van der Waals surface area (Å²) in [5, 5.41) is 5.07. The number of piperazine rings is 1. The second-order valence-electron chi connectivity index (χ2n) is 10.0. The number of Topliss-reactive ketones (excluding diaryl/α,β-unsaturated/α-hetero) is 1. The molecule has 1 saturated carbocycles. The van der Waals surface area contributed by atoms with Gasteiger partial charge in [0.15, 0.2) is 5.78 Å². The number of ketones is 1. The highest BCUT2D eigenvalue weighted by molar-refractivity contribution is 5.92. The number of nitrogens with zero attached hydrogens (tertiary/aromatic N) is 2. The molecule has 0 radical (unpaired) electrons. The molecule has 0 spiro atoms. The molecule has 3 aliphatic rings. The molecule has 3 aromatic rings. The van der Waals surface area contributed by atoms with Crippen molar-refractivity contribution in [2.75, 3.05) is 36.4 Å². The summed E-state index contributed by atoms with van der Waals surface area (Å²) in [6, 6.07) is 17.5. The Bertz CT molecular complexity index is 1120. The zero-order chi connectivity index (χ0) is 22.2. The molecule has 5 nitrogen and oxygen atoms in total. The minimum atomic E-state index is -0.0216. The van der Waals surface area contributed by atoms with Crippen LogP contribution in [0.2, 0.25) is 0 Å². The predicted molar refractivity (Wildman–Crippen MR) is 135 cm³/mol. The Hall–Kier alpha value is -2.79. The maximum Gasteiger partial charge on any atom is 0.155 e. The van der Waals surface area contributed by atoms with Crippen molar-refractivity contribution in [2.24, 2.45) is 5.92 Å². The third kappa shape index (κ3) is 3.93. The van der Waals surface area contributed by atoms with E-state index in [-0.39, 0.29) is 18.0 Å². The zero-order valence-corrected chi connectivity index (χ0v) is 19.3. The van der Waals surface area contributed by atoms with E-state index in [2.05, 4.69) is 68.6 Å². The Morgan fingerprint density at radius 3 is 2.58 bits per heavy atom. The summed E-state index contributed by atoms with van der Waals surface area (Å²) in [5.41, 5.74) is 5.09. The minimum absolute atomic E-state index is 0.0216. The Kier molecular flexibility index (Phi) is 5.58. The first-order valence-electron chi connectivity index (χ1n) is 12.7. The van der Waals surface area contributed by atoms with Crippen LogP contribution < -0.4 is 10.2 Å². The third-order valence-electron chi connectivity index (χ3n) is 8.13. The zero-order valence-electron chi connectivity index (χ0n) is 19.3. The molecule has 1 saturated heterocycles. The molecule has 33 heavy (non-hydrogen) atoms. The molecule has 6 rings (SSSR count). The second kappa shape index (κ2) is 8.86. The van der Waals surface area contributed by atoms with E-state index in [9.17, 15) is 4.79 Å². The summed E-state index contributed by atoms with van der Waals surface area (Å²) in [6.45, 7) is 3.79. The molecule has 2 aliphatic heterocycles. The number of anilines is 2. The Balaban J connectivity index is 1.22. The fourth-order valence-corrected chi connectivity index (χ4v) is 6.37. The number of aryl methyl sites for hydroxylation is 1. The standard InChI is InChI=1S/C28H34N4O/c33-28(21-7-1-2-8-21)27(25-13-12-20-6-3-4-9-23(20)30-25)32-18-16-31(17-19-32)26-11-5-10-24-22(26)14-15-29-24/h3-6,9-11,14-15,21,25,27,29-30H,1-2,7-8,12-13,16-19H2. The van der Waals surface area contributed by atoms with Crippen LogP contribution in [0, 0.1) is 5.92 Å². The van der Waals surface area contributed by atoms with Crippen molar-refractivity contribution in [3.63, 3.8) is 0 Å². The number of H-pyrrole nitrogens is 1. The maximum atomic E-state index is 13.8. The lowest BCUT2D eigenvalue weighted by atomic mass is 9.85. The summed E-state index contributed by atoms with van der Waals surface area (Å²) in [5.74, 6) is 0.742. The number of fused-ring (bicyclic) bond motifs is 2. The fourth-order valence-electron chi connectivity index (χ4n) is 6.37. The topological polar surface area (TPSA) is 51.4 Å². The van der Waals surface area contributed by atoms with Crippen molar-refractivity contribution >= 4 is 28.1 Å².